The van der Waals surface area contributed by atoms with Crippen LogP contribution in [0.5, 0.6) is 11.5 Å². The third-order valence-electron chi connectivity index (χ3n) is 4.69. The molecule has 0 aromatic heterocycles. The van der Waals surface area contributed by atoms with Gasteiger partial charge in [-0.05, 0) is 48.7 Å². The van der Waals surface area contributed by atoms with Crippen molar-refractivity contribution in [3.05, 3.63) is 58.7 Å². The number of esters is 1. The van der Waals surface area contributed by atoms with Gasteiger partial charge < -0.3 is 19.5 Å². The summed E-state index contributed by atoms with van der Waals surface area (Å²) in [6, 6.07) is 10.7. The number of carbonyl (C=O) groups excluding carboxylic acids is 3. The maximum absolute atomic E-state index is 12.2. The van der Waals surface area contributed by atoms with E-state index in [4.69, 9.17) is 14.2 Å². The van der Waals surface area contributed by atoms with Crippen molar-refractivity contribution in [1.82, 2.24) is 5.32 Å². The van der Waals surface area contributed by atoms with E-state index in [9.17, 15) is 14.4 Å². The lowest BCUT2D eigenvalue weighted by molar-refractivity contribution is -0.148. The minimum Gasteiger partial charge on any atom is -0.493 e. The Kier molecular flexibility index (Phi) is 8.41. The molecule has 7 heteroatoms. The van der Waals surface area contributed by atoms with E-state index in [-0.39, 0.29) is 25.2 Å². The van der Waals surface area contributed by atoms with Crippen LogP contribution in [0.2, 0.25) is 0 Å². The molecule has 0 saturated heterocycles. The average Bonchev–Trinajstić information content (AvgIpc) is 2.76. The van der Waals surface area contributed by atoms with E-state index in [2.05, 4.69) is 5.32 Å². The van der Waals surface area contributed by atoms with Crippen LogP contribution in [0, 0.1) is 13.8 Å². The van der Waals surface area contributed by atoms with Gasteiger partial charge in [0.25, 0.3) is 5.91 Å². The number of aryl methyl sites for hydroxylation is 2. The van der Waals surface area contributed by atoms with E-state index < -0.39 is 18.5 Å². The third-order valence-corrected chi connectivity index (χ3v) is 4.69. The summed E-state index contributed by atoms with van der Waals surface area (Å²) in [5, 5.41) is 2.67. The van der Waals surface area contributed by atoms with E-state index in [1.165, 1.54) is 7.11 Å². The molecular formula is C23H27NO6. The molecule has 160 valence electrons. The molecule has 0 atom stereocenters. The number of carbonyl (C=O) groups is 3. The van der Waals surface area contributed by atoms with Gasteiger partial charge in [0.15, 0.2) is 23.9 Å². The second kappa shape index (κ2) is 11.0. The summed E-state index contributed by atoms with van der Waals surface area (Å²) in [6.07, 6.45) is -0.0384. The number of benzene rings is 2. The molecule has 0 aliphatic heterocycles. The highest BCUT2D eigenvalue weighted by Crippen LogP contribution is 2.27. The fourth-order valence-electron chi connectivity index (χ4n) is 2.74. The quantitative estimate of drug-likeness (QED) is 0.475. The van der Waals surface area contributed by atoms with E-state index in [0.717, 1.165) is 16.7 Å². The SMILES string of the molecule is COc1ccc(CNC(=O)COC(=O)CCC(=O)c2ccc(C)c(C)c2)cc1OC. The van der Waals surface area contributed by atoms with Crippen LogP contribution in [0.3, 0.4) is 0 Å². The number of Topliss-reactive ketones (excluding diaryl/α,β-unsaturated/α-hetero) is 1. The van der Waals surface area contributed by atoms with Crippen LogP contribution >= 0.6 is 0 Å². The summed E-state index contributed by atoms with van der Waals surface area (Å²) in [7, 11) is 3.08. The Balaban J connectivity index is 1.73. The van der Waals surface area contributed by atoms with Gasteiger partial charge in [-0.15, -0.1) is 0 Å². The molecule has 0 unspecified atom stereocenters. The molecule has 0 bridgehead atoms. The van der Waals surface area contributed by atoms with Crippen molar-refractivity contribution in [3.63, 3.8) is 0 Å². The molecule has 2 rings (SSSR count). The highest BCUT2D eigenvalue weighted by Gasteiger charge is 2.13. The zero-order valence-corrected chi connectivity index (χ0v) is 17.7. The van der Waals surface area contributed by atoms with Crippen LogP contribution in [0.1, 0.15) is 39.9 Å². The van der Waals surface area contributed by atoms with Crippen molar-refractivity contribution < 1.29 is 28.6 Å². The highest BCUT2D eigenvalue weighted by atomic mass is 16.5. The van der Waals surface area contributed by atoms with Crippen LogP contribution in [0.15, 0.2) is 36.4 Å². The molecule has 1 amide bonds. The Morgan fingerprint density at radius 2 is 1.60 bits per heavy atom. The predicted octanol–water partition coefficient (Wildman–Crippen LogP) is 3.14. The van der Waals surface area contributed by atoms with E-state index in [1.54, 1.807) is 31.4 Å². The molecule has 0 fully saturated rings. The Morgan fingerprint density at radius 3 is 2.27 bits per heavy atom. The predicted molar refractivity (Wildman–Crippen MR) is 112 cm³/mol. The second-order valence-electron chi connectivity index (χ2n) is 6.85. The first-order valence-electron chi connectivity index (χ1n) is 9.57. The topological polar surface area (TPSA) is 90.9 Å². The minimum absolute atomic E-state index is 0.0363. The number of ether oxygens (including phenoxy) is 3. The maximum Gasteiger partial charge on any atom is 0.306 e. The fourth-order valence-corrected chi connectivity index (χ4v) is 2.74. The van der Waals surface area contributed by atoms with Gasteiger partial charge in [0.1, 0.15) is 0 Å². The van der Waals surface area contributed by atoms with Crippen molar-refractivity contribution in [1.29, 1.82) is 0 Å². The van der Waals surface area contributed by atoms with Crippen molar-refractivity contribution in [2.75, 3.05) is 20.8 Å². The lowest BCUT2D eigenvalue weighted by atomic mass is 10.0. The van der Waals surface area contributed by atoms with E-state index >= 15 is 0 Å². The largest absolute Gasteiger partial charge is 0.493 e. The molecule has 0 aliphatic rings. The van der Waals surface area contributed by atoms with Crippen LogP contribution in [-0.4, -0.2) is 38.5 Å². The molecule has 0 aliphatic carbocycles. The standard InChI is InChI=1S/C23H27NO6/c1-15-5-7-18(11-16(15)2)19(25)8-10-23(27)30-14-22(26)24-13-17-6-9-20(28-3)21(12-17)29-4/h5-7,9,11-12H,8,10,13-14H2,1-4H3,(H,24,26). The number of nitrogens with one attached hydrogen (secondary N) is 1. The summed E-state index contributed by atoms with van der Waals surface area (Å²) < 4.78 is 15.3. The number of rotatable bonds is 10. The number of amides is 1. The molecule has 30 heavy (non-hydrogen) atoms. The van der Waals surface area contributed by atoms with Crippen LogP contribution in [-0.2, 0) is 20.9 Å². The molecule has 0 radical (unpaired) electrons. The van der Waals surface area contributed by atoms with Gasteiger partial charge in [0.2, 0.25) is 0 Å². The number of ketones is 1. The molecular weight excluding hydrogens is 386 g/mol. The van der Waals surface area contributed by atoms with Gasteiger partial charge in [-0.25, -0.2) is 0 Å². The summed E-state index contributed by atoms with van der Waals surface area (Å²) in [6.45, 7) is 3.75. The van der Waals surface area contributed by atoms with Gasteiger partial charge in [-0.1, -0.05) is 18.2 Å². The minimum atomic E-state index is -0.589. The highest BCUT2D eigenvalue weighted by molar-refractivity contribution is 5.97. The molecule has 0 spiro atoms. The molecule has 7 nitrogen and oxygen atoms in total. The lowest BCUT2D eigenvalue weighted by Crippen LogP contribution is -2.28. The second-order valence-corrected chi connectivity index (χ2v) is 6.85. The van der Waals surface area contributed by atoms with Crippen LogP contribution in [0.25, 0.3) is 0 Å². The maximum atomic E-state index is 12.2. The number of methoxy groups -OCH3 is 2. The van der Waals surface area contributed by atoms with Gasteiger partial charge >= 0.3 is 5.97 Å². The summed E-state index contributed by atoms with van der Waals surface area (Å²) in [4.78, 5) is 36.0. The number of hydrogen-bond acceptors (Lipinski definition) is 6. The first-order chi connectivity index (χ1) is 14.3. The molecule has 0 saturated carbocycles. The van der Waals surface area contributed by atoms with Crippen molar-refractivity contribution >= 4 is 17.7 Å². The smallest absolute Gasteiger partial charge is 0.306 e. The normalized spacial score (nSPS) is 10.3. The first kappa shape index (κ1) is 22.9. The Labute approximate surface area is 176 Å². The lowest BCUT2D eigenvalue weighted by Gasteiger charge is -2.10. The zero-order chi connectivity index (χ0) is 22.1. The van der Waals surface area contributed by atoms with Crippen molar-refractivity contribution in [2.24, 2.45) is 0 Å². The van der Waals surface area contributed by atoms with Crippen molar-refractivity contribution in [2.45, 2.75) is 33.2 Å². The monoisotopic (exact) mass is 413 g/mol. The van der Waals surface area contributed by atoms with Gasteiger partial charge in [-0.3, -0.25) is 14.4 Å². The molecule has 0 heterocycles. The molecule has 2 aromatic carbocycles. The summed E-state index contributed by atoms with van der Waals surface area (Å²) in [5.74, 6) is 0.000918. The van der Waals surface area contributed by atoms with Gasteiger partial charge in [-0.2, -0.15) is 0 Å². The van der Waals surface area contributed by atoms with Gasteiger partial charge in [0, 0.05) is 18.5 Å². The van der Waals surface area contributed by atoms with Crippen LogP contribution in [0.4, 0.5) is 0 Å². The molecule has 1 N–H and O–H groups in total. The van der Waals surface area contributed by atoms with Crippen LogP contribution < -0.4 is 14.8 Å². The Hall–Kier alpha value is -3.35. The van der Waals surface area contributed by atoms with E-state index in [1.807, 2.05) is 26.0 Å². The number of hydrogen-bond donors (Lipinski definition) is 1. The summed E-state index contributed by atoms with van der Waals surface area (Å²) in [5.41, 5.74) is 3.50. The van der Waals surface area contributed by atoms with E-state index in [0.29, 0.717) is 17.1 Å². The summed E-state index contributed by atoms with van der Waals surface area (Å²) >= 11 is 0. The third kappa shape index (κ3) is 6.62. The van der Waals surface area contributed by atoms with Gasteiger partial charge in [0.05, 0.1) is 20.6 Å². The fraction of sp³-hybridized carbons (Fsp3) is 0.348. The Bertz CT molecular complexity index is 922. The Morgan fingerprint density at radius 1 is 0.867 bits per heavy atom. The first-order valence-corrected chi connectivity index (χ1v) is 9.57. The van der Waals surface area contributed by atoms with Crippen molar-refractivity contribution in [3.8, 4) is 11.5 Å². The average molecular weight is 413 g/mol. The zero-order valence-electron chi connectivity index (χ0n) is 17.7. The molecule has 2 aromatic rings.